The van der Waals surface area contributed by atoms with E-state index in [1.165, 1.54) is 12.1 Å². The SMILES string of the molecule is CC(O)(c1ccc(F)cc1)C1CC1. The Hall–Kier alpha value is -0.890. The molecule has 0 aliphatic heterocycles. The van der Waals surface area contributed by atoms with E-state index in [9.17, 15) is 9.50 Å². The smallest absolute Gasteiger partial charge is 0.123 e. The minimum Gasteiger partial charge on any atom is -0.385 e. The molecule has 0 amide bonds. The molecule has 1 aromatic carbocycles. The molecule has 1 aromatic rings. The van der Waals surface area contributed by atoms with Gasteiger partial charge in [-0.05, 0) is 43.4 Å². The topological polar surface area (TPSA) is 20.2 Å². The van der Waals surface area contributed by atoms with E-state index in [2.05, 4.69) is 0 Å². The number of rotatable bonds is 2. The summed E-state index contributed by atoms with van der Waals surface area (Å²) in [5.41, 5.74) is 0.0460. The molecule has 0 radical (unpaired) electrons. The molecule has 1 saturated carbocycles. The van der Waals surface area contributed by atoms with E-state index in [1.807, 2.05) is 0 Å². The van der Waals surface area contributed by atoms with Gasteiger partial charge in [0.15, 0.2) is 0 Å². The molecular weight excluding hydrogens is 167 g/mol. The predicted octanol–water partition coefficient (Wildman–Crippen LogP) is 2.44. The normalized spacial score (nSPS) is 21.2. The van der Waals surface area contributed by atoms with Crippen LogP contribution in [0.2, 0.25) is 0 Å². The monoisotopic (exact) mass is 180 g/mol. The summed E-state index contributed by atoms with van der Waals surface area (Å²) >= 11 is 0. The van der Waals surface area contributed by atoms with E-state index in [4.69, 9.17) is 0 Å². The Bertz CT molecular complexity index is 298. The van der Waals surface area contributed by atoms with Gasteiger partial charge < -0.3 is 5.11 Å². The van der Waals surface area contributed by atoms with Gasteiger partial charge in [-0.2, -0.15) is 0 Å². The molecule has 0 spiro atoms. The maximum atomic E-state index is 12.6. The highest BCUT2D eigenvalue weighted by molar-refractivity contribution is 5.24. The predicted molar refractivity (Wildman–Crippen MR) is 48.7 cm³/mol. The molecule has 0 bridgehead atoms. The van der Waals surface area contributed by atoms with Crippen molar-refractivity contribution in [3.63, 3.8) is 0 Å². The molecule has 2 rings (SSSR count). The zero-order valence-corrected chi connectivity index (χ0v) is 7.63. The van der Waals surface area contributed by atoms with Crippen molar-refractivity contribution in [1.82, 2.24) is 0 Å². The van der Waals surface area contributed by atoms with Crippen LogP contribution in [0.25, 0.3) is 0 Å². The lowest BCUT2D eigenvalue weighted by Crippen LogP contribution is -2.23. The van der Waals surface area contributed by atoms with Crippen molar-refractivity contribution < 1.29 is 9.50 Å². The largest absolute Gasteiger partial charge is 0.385 e. The molecule has 13 heavy (non-hydrogen) atoms. The summed E-state index contributed by atoms with van der Waals surface area (Å²) in [6.45, 7) is 1.80. The molecule has 2 heteroatoms. The number of aliphatic hydroxyl groups is 1. The molecular formula is C11H13FO. The molecule has 0 heterocycles. The molecule has 70 valence electrons. The van der Waals surface area contributed by atoms with Gasteiger partial charge in [0.05, 0.1) is 5.60 Å². The third-order valence-electron chi connectivity index (χ3n) is 2.80. The molecule has 0 aromatic heterocycles. The second kappa shape index (κ2) is 2.81. The van der Waals surface area contributed by atoms with Gasteiger partial charge in [-0.3, -0.25) is 0 Å². The Balaban J connectivity index is 2.28. The van der Waals surface area contributed by atoms with Crippen LogP contribution in [0.15, 0.2) is 24.3 Å². The number of hydrogen-bond acceptors (Lipinski definition) is 1. The summed E-state index contributed by atoms with van der Waals surface area (Å²) in [6, 6.07) is 6.11. The highest BCUT2D eigenvalue weighted by Crippen LogP contribution is 2.45. The summed E-state index contributed by atoms with van der Waals surface area (Å²) in [4.78, 5) is 0. The average Bonchev–Trinajstić information content (AvgIpc) is 2.87. The van der Waals surface area contributed by atoms with Crippen molar-refractivity contribution in [2.45, 2.75) is 25.4 Å². The summed E-state index contributed by atoms with van der Waals surface area (Å²) < 4.78 is 12.6. The van der Waals surface area contributed by atoms with Gasteiger partial charge in [0.25, 0.3) is 0 Å². The maximum absolute atomic E-state index is 12.6. The Morgan fingerprint density at radius 1 is 1.31 bits per heavy atom. The van der Waals surface area contributed by atoms with E-state index < -0.39 is 5.60 Å². The van der Waals surface area contributed by atoms with E-state index >= 15 is 0 Å². The number of hydrogen-bond donors (Lipinski definition) is 1. The van der Waals surface area contributed by atoms with Crippen molar-refractivity contribution >= 4 is 0 Å². The maximum Gasteiger partial charge on any atom is 0.123 e. The zero-order valence-electron chi connectivity index (χ0n) is 7.63. The van der Waals surface area contributed by atoms with Crippen LogP contribution in [0, 0.1) is 11.7 Å². The minimum absolute atomic E-state index is 0.254. The first-order chi connectivity index (χ1) is 6.10. The van der Waals surface area contributed by atoms with Crippen molar-refractivity contribution in [3.8, 4) is 0 Å². The van der Waals surface area contributed by atoms with Gasteiger partial charge in [0, 0.05) is 0 Å². The quantitative estimate of drug-likeness (QED) is 0.741. The van der Waals surface area contributed by atoms with Crippen LogP contribution in [0.5, 0.6) is 0 Å². The van der Waals surface area contributed by atoms with Gasteiger partial charge in [-0.25, -0.2) is 4.39 Å². The van der Waals surface area contributed by atoms with Gasteiger partial charge in [-0.15, -0.1) is 0 Å². The fourth-order valence-electron chi connectivity index (χ4n) is 1.67. The molecule has 1 unspecified atom stereocenters. The Kier molecular flexibility index (Phi) is 1.88. The second-order valence-corrected chi connectivity index (χ2v) is 3.93. The lowest BCUT2D eigenvalue weighted by molar-refractivity contribution is 0.0330. The summed E-state index contributed by atoms with van der Waals surface area (Å²) in [5, 5.41) is 10.1. The zero-order chi connectivity index (χ0) is 9.47. The molecule has 1 aliphatic carbocycles. The van der Waals surface area contributed by atoms with Crippen LogP contribution >= 0.6 is 0 Å². The van der Waals surface area contributed by atoms with Crippen LogP contribution < -0.4 is 0 Å². The number of benzene rings is 1. The fourth-order valence-corrected chi connectivity index (χ4v) is 1.67. The second-order valence-electron chi connectivity index (χ2n) is 3.93. The van der Waals surface area contributed by atoms with Gasteiger partial charge >= 0.3 is 0 Å². The third kappa shape index (κ3) is 1.59. The molecule has 1 N–H and O–H groups in total. The van der Waals surface area contributed by atoms with Crippen molar-refractivity contribution in [3.05, 3.63) is 35.6 Å². The van der Waals surface area contributed by atoms with E-state index in [-0.39, 0.29) is 5.82 Å². The third-order valence-corrected chi connectivity index (χ3v) is 2.80. The Morgan fingerprint density at radius 2 is 1.85 bits per heavy atom. The lowest BCUT2D eigenvalue weighted by Gasteiger charge is -2.23. The van der Waals surface area contributed by atoms with Crippen LogP contribution in [0.3, 0.4) is 0 Å². The fraction of sp³-hybridized carbons (Fsp3) is 0.455. The summed E-state index contributed by atoms with van der Waals surface area (Å²) in [7, 11) is 0. The summed E-state index contributed by atoms with van der Waals surface area (Å²) in [6.07, 6.45) is 2.15. The first-order valence-corrected chi connectivity index (χ1v) is 4.59. The van der Waals surface area contributed by atoms with Gasteiger partial charge in [-0.1, -0.05) is 12.1 Å². The minimum atomic E-state index is -0.770. The van der Waals surface area contributed by atoms with E-state index in [0.29, 0.717) is 5.92 Å². The van der Waals surface area contributed by atoms with Crippen LogP contribution in [-0.4, -0.2) is 5.11 Å². The Labute approximate surface area is 77.2 Å². The molecule has 1 atom stereocenters. The van der Waals surface area contributed by atoms with Crippen LogP contribution in [0.1, 0.15) is 25.3 Å². The molecule has 1 aliphatic rings. The molecule has 0 saturated heterocycles. The van der Waals surface area contributed by atoms with E-state index in [0.717, 1.165) is 18.4 Å². The van der Waals surface area contributed by atoms with Crippen molar-refractivity contribution in [2.24, 2.45) is 5.92 Å². The van der Waals surface area contributed by atoms with Gasteiger partial charge in [0.1, 0.15) is 5.82 Å². The first-order valence-electron chi connectivity index (χ1n) is 4.59. The number of halogens is 1. The lowest BCUT2D eigenvalue weighted by atomic mass is 9.91. The highest BCUT2D eigenvalue weighted by Gasteiger charge is 2.40. The molecule has 1 fully saturated rings. The first kappa shape index (κ1) is 8.70. The highest BCUT2D eigenvalue weighted by atomic mass is 19.1. The van der Waals surface area contributed by atoms with Crippen LogP contribution in [-0.2, 0) is 5.60 Å². The standard InChI is InChI=1S/C11H13FO/c1-11(13,8-2-3-8)9-4-6-10(12)7-5-9/h4-8,13H,2-3H2,1H3. The average molecular weight is 180 g/mol. The van der Waals surface area contributed by atoms with Crippen molar-refractivity contribution in [1.29, 1.82) is 0 Å². The summed E-state index contributed by atoms with van der Waals surface area (Å²) in [5.74, 6) is 0.105. The Morgan fingerprint density at radius 3 is 2.31 bits per heavy atom. The van der Waals surface area contributed by atoms with Crippen LogP contribution in [0.4, 0.5) is 4.39 Å². The van der Waals surface area contributed by atoms with E-state index in [1.54, 1.807) is 19.1 Å². The van der Waals surface area contributed by atoms with Gasteiger partial charge in [0.2, 0.25) is 0 Å². The van der Waals surface area contributed by atoms with Crippen molar-refractivity contribution in [2.75, 3.05) is 0 Å². The molecule has 1 nitrogen and oxygen atoms in total.